The maximum atomic E-state index is 10.5. The molecular weight excluding hydrogens is 362 g/mol. The largest absolute Gasteiger partial charge is 2.00 e. The van der Waals surface area contributed by atoms with Gasteiger partial charge in [-0.05, 0) is 12.2 Å². The molecule has 0 amide bonds. The number of hydrogen-bond donors (Lipinski definition) is 0. The van der Waals surface area contributed by atoms with Gasteiger partial charge in [0.25, 0.3) is 0 Å². The van der Waals surface area contributed by atoms with Crippen LogP contribution in [-0.4, -0.2) is 37.1 Å². The zero-order valence-corrected chi connectivity index (χ0v) is 15.2. The van der Waals surface area contributed by atoms with Crippen LogP contribution in [0.15, 0.2) is 49.6 Å². The molecule has 0 N–H and O–H groups in total. The Balaban J connectivity index is -0.000000333. The van der Waals surface area contributed by atoms with E-state index in [-0.39, 0.29) is 32.7 Å². The van der Waals surface area contributed by atoms with Gasteiger partial charge in [-0.25, -0.2) is 9.59 Å². The smallest absolute Gasteiger partial charge is 0.545 e. The summed E-state index contributed by atoms with van der Waals surface area (Å²) in [7, 11) is 0. The number of esters is 2. The number of rotatable bonds is 8. The van der Waals surface area contributed by atoms with Crippen LogP contribution in [0, 0.1) is 0 Å². The quantitative estimate of drug-likeness (QED) is 0.207. The third-order valence-corrected chi connectivity index (χ3v) is 1.40. The van der Waals surface area contributed by atoms with Crippen LogP contribution in [-0.2, 0) is 48.1 Å². The Morgan fingerprint density at radius 3 is 1.26 bits per heavy atom. The minimum absolute atomic E-state index is 0. The van der Waals surface area contributed by atoms with Gasteiger partial charge in [-0.3, -0.25) is 0 Å². The van der Waals surface area contributed by atoms with Gasteiger partial charge in [-0.15, -0.1) is 0 Å². The number of carbonyl (C=O) groups excluding carboxylic acids is 4. The van der Waals surface area contributed by atoms with E-state index >= 15 is 0 Å². The van der Waals surface area contributed by atoms with Crippen LogP contribution in [0.25, 0.3) is 0 Å². The van der Waals surface area contributed by atoms with Gasteiger partial charge in [-0.1, -0.05) is 25.3 Å². The van der Waals surface area contributed by atoms with E-state index in [1.54, 1.807) is 0 Å². The summed E-state index contributed by atoms with van der Waals surface area (Å²) in [5, 5.41) is 19.5. The van der Waals surface area contributed by atoms with Crippen molar-refractivity contribution in [1.82, 2.24) is 0 Å². The van der Waals surface area contributed by atoms with Crippen LogP contribution in [0.5, 0.6) is 0 Å². The van der Waals surface area contributed by atoms with E-state index in [9.17, 15) is 29.4 Å². The zero-order chi connectivity index (χ0) is 17.4. The molecule has 0 fully saturated rings. The average Bonchev–Trinajstić information content (AvgIpc) is 2.47. The minimum atomic E-state index is -1.43. The fraction of sp³-hybridized carbons (Fsp3) is 0.143. The summed E-state index contributed by atoms with van der Waals surface area (Å²) in [6.07, 6.45) is 5.52. The topological polar surface area (TPSA) is 133 Å². The second-order valence-corrected chi connectivity index (χ2v) is 3.14. The first-order chi connectivity index (χ1) is 10.3. The summed E-state index contributed by atoms with van der Waals surface area (Å²) in [6, 6.07) is 0. The molecule has 0 radical (unpaired) electrons. The van der Waals surface area contributed by atoms with E-state index in [4.69, 9.17) is 0 Å². The second-order valence-electron chi connectivity index (χ2n) is 3.14. The molecule has 120 valence electrons. The fourth-order valence-corrected chi connectivity index (χ4v) is 0.651. The van der Waals surface area contributed by atoms with Crippen molar-refractivity contribution in [2.45, 2.75) is 0 Å². The predicted molar refractivity (Wildman–Crippen MR) is 70.6 cm³/mol. The molecule has 0 aliphatic heterocycles. The monoisotopic (exact) mass is 374 g/mol. The van der Waals surface area contributed by atoms with E-state index in [1.165, 1.54) is 12.2 Å². The van der Waals surface area contributed by atoms with Crippen LogP contribution in [0.1, 0.15) is 0 Å². The van der Waals surface area contributed by atoms with Gasteiger partial charge in [-0.2, -0.15) is 0 Å². The van der Waals surface area contributed by atoms with Crippen LogP contribution in [0.2, 0.25) is 0 Å². The van der Waals surface area contributed by atoms with Crippen LogP contribution in [0.3, 0.4) is 0 Å². The number of carboxylic acids is 2. The third-order valence-electron chi connectivity index (χ3n) is 1.40. The second kappa shape index (κ2) is 17.5. The van der Waals surface area contributed by atoms with Crippen molar-refractivity contribution in [1.29, 1.82) is 0 Å². The average molecular weight is 376 g/mol. The Morgan fingerprint density at radius 1 is 0.739 bits per heavy atom. The number of carbonyl (C=O) groups is 4. The van der Waals surface area contributed by atoms with Crippen molar-refractivity contribution in [2.24, 2.45) is 0 Å². The van der Waals surface area contributed by atoms with E-state index < -0.39 is 23.9 Å². The van der Waals surface area contributed by atoms with Gasteiger partial charge in [0.05, 0.1) is 11.9 Å². The Hall–Kier alpha value is -2.54. The maximum absolute atomic E-state index is 10.5. The summed E-state index contributed by atoms with van der Waals surface area (Å²) in [4.78, 5) is 40.4. The van der Waals surface area contributed by atoms with Crippen molar-refractivity contribution in [3.05, 3.63) is 49.6 Å². The van der Waals surface area contributed by atoms with Gasteiger partial charge in [0.15, 0.2) is 0 Å². The summed E-state index contributed by atoms with van der Waals surface area (Å²) in [5.41, 5.74) is 0. The molecule has 0 aromatic carbocycles. The molecule has 0 aliphatic rings. The Kier molecular flexibility index (Phi) is 19.4. The number of carboxylic acid groups (broad SMARTS) is 2. The van der Waals surface area contributed by atoms with Gasteiger partial charge < -0.3 is 29.3 Å². The molecule has 0 saturated carbocycles. The molecule has 0 unspecified atom stereocenters. The molecule has 8 nitrogen and oxygen atoms in total. The van der Waals surface area contributed by atoms with Crippen LogP contribution in [0.4, 0.5) is 0 Å². The third kappa shape index (κ3) is 24.8. The summed E-state index contributed by atoms with van der Waals surface area (Å²) < 4.78 is 8.81. The van der Waals surface area contributed by atoms with Crippen molar-refractivity contribution >= 4 is 23.9 Å². The standard InChI is InChI=1S/2C7H8O4.Zn/c2*1-2-5-11-7(10)4-3-6(8)9;/h2*2-4H,1,5H2,(H,8,9);/q;;+2/p-2. The van der Waals surface area contributed by atoms with E-state index in [2.05, 4.69) is 22.6 Å². The Labute approximate surface area is 145 Å². The first-order valence-corrected chi connectivity index (χ1v) is 5.66. The molecule has 0 heterocycles. The molecule has 0 spiro atoms. The molecule has 0 bridgehead atoms. The Morgan fingerprint density at radius 2 is 1.04 bits per heavy atom. The predicted octanol–water partition coefficient (Wildman–Crippen LogP) is -1.96. The minimum Gasteiger partial charge on any atom is -0.545 e. The molecular formula is C14H14O8Zn. The zero-order valence-electron chi connectivity index (χ0n) is 12.3. The molecule has 9 heteroatoms. The van der Waals surface area contributed by atoms with Crippen molar-refractivity contribution < 1.29 is 58.3 Å². The molecule has 0 saturated heterocycles. The molecule has 23 heavy (non-hydrogen) atoms. The van der Waals surface area contributed by atoms with Crippen molar-refractivity contribution in [2.75, 3.05) is 13.2 Å². The van der Waals surface area contributed by atoms with E-state index in [0.29, 0.717) is 12.2 Å². The van der Waals surface area contributed by atoms with Crippen LogP contribution < -0.4 is 10.2 Å². The Bertz CT molecular complexity index is 435. The first kappa shape index (κ1) is 25.4. The van der Waals surface area contributed by atoms with Gasteiger partial charge >= 0.3 is 31.4 Å². The van der Waals surface area contributed by atoms with E-state index in [1.807, 2.05) is 0 Å². The fourth-order valence-electron chi connectivity index (χ4n) is 0.651. The summed E-state index contributed by atoms with van der Waals surface area (Å²) >= 11 is 0. The van der Waals surface area contributed by atoms with Gasteiger partial charge in [0, 0.05) is 12.2 Å². The normalized spacial score (nSPS) is 9.04. The molecule has 0 aromatic rings. The number of hydrogen-bond acceptors (Lipinski definition) is 8. The maximum Gasteiger partial charge on any atom is 2.00 e. The summed E-state index contributed by atoms with van der Waals surface area (Å²) in [6.45, 7) is 6.73. The first-order valence-electron chi connectivity index (χ1n) is 5.66. The summed E-state index contributed by atoms with van der Waals surface area (Å²) in [5.74, 6) is -4.32. The van der Waals surface area contributed by atoms with Crippen molar-refractivity contribution in [3.8, 4) is 0 Å². The van der Waals surface area contributed by atoms with Gasteiger partial charge in [0.1, 0.15) is 13.2 Å². The molecule has 0 aliphatic carbocycles. The SMILES string of the molecule is C=CCOC(=O)C=CC(=O)[O-].C=CCOC(=O)C=CC(=O)[O-].[Zn+2]. The number of ether oxygens (including phenoxy) is 2. The van der Waals surface area contributed by atoms with E-state index in [0.717, 1.165) is 12.2 Å². The number of aliphatic carboxylic acids is 2. The van der Waals surface area contributed by atoms with Crippen LogP contribution >= 0.6 is 0 Å². The van der Waals surface area contributed by atoms with Gasteiger partial charge in [0.2, 0.25) is 0 Å². The molecule has 0 aromatic heterocycles. The molecule has 0 atom stereocenters. The van der Waals surface area contributed by atoms with Crippen molar-refractivity contribution in [3.63, 3.8) is 0 Å². The molecule has 0 rings (SSSR count).